The number of piperazine rings is 1. The summed E-state index contributed by atoms with van der Waals surface area (Å²) in [5.41, 5.74) is -3.87. The molecule has 0 aliphatic carbocycles. The average Bonchev–Trinajstić information content (AvgIpc) is 2.37. The van der Waals surface area contributed by atoms with E-state index in [4.69, 9.17) is 0 Å². The molecule has 1 aliphatic heterocycles. The van der Waals surface area contributed by atoms with Crippen molar-refractivity contribution in [1.29, 1.82) is 0 Å². The molecule has 0 bridgehead atoms. The molecule has 1 N–H and O–H groups in total. The third-order valence-corrected chi connectivity index (χ3v) is 3.22. The van der Waals surface area contributed by atoms with Crippen molar-refractivity contribution in [3.63, 3.8) is 0 Å². The van der Waals surface area contributed by atoms with E-state index in [0.717, 1.165) is 12.3 Å². The first-order valence-corrected chi connectivity index (χ1v) is 5.73. The molecule has 0 saturated carbocycles. The molecule has 1 unspecified atom stereocenters. The third kappa shape index (κ3) is 2.35. The second kappa shape index (κ2) is 4.88. The Morgan fingerprint density at radius 1 is 1.15 bits per heavy atom. The van der Waals surface area contributed by atoms with Gasteiger partial charge < -0.3 is 5.32 Å². The van der Waals surface area contributed by atoms with Gasteiger partial charge in [0.05, 0.1) is 5.69 Å². The van der Waals surface area contributed by atoms with Crippen molar-refractivity contribution in [2.45, 2.75) is 18.0 Å². The van der Waals surface area contributed by atoms with Crippen LogP contribution in [0.1, 0.15) is 5.69 Å². The molecule has 1 saturated heterocycles. The predicted octanol–water partition coefficient (Wildman–Crippen LogP) is 2.26. The fraction of sp³-hybridized carbons (Fsp3) is 0.545. The molecule has 2 rings (SSSR count). The van der Waals surface area contributed by atoms with Gasteiger partial charge in [-0.15, -0.1) is 0 Å². The van der Waals surface area contributed by atoms with Crippen LogP contribution in [0.3, 0.4) is 0 Å². The van der Waals surface area contributed by atoms with Crippen LogP contribution in [-0.4, -0.2) is 42.0 Å². The smallest absolute Gasteiger partial charge is 0.313 e. The zero-order chi connectivity index (χ0) is 15.0. The largest absolute Gasteiger partial charge is 0.461 e. The summed E-state index contributed by atoms with van der Waals surface area (Å²) in [5.74, 6) is 0. The highest BCUT2D eigenvalue weighted by molar-refractivity contribution is 5.22. The lowest BCUT2D eigenvalue weighted by molar-refractivity contribution is -0.344. The molecule has 1 atom stereocenters. The molecule has 3 nitrogen and oxygen atoms in total. The topological polar surface area (TPSA) is 28.2 Å². The van der Waals surface area contributed by atoms with E-state index in [1.807, 2.05) is 0 Å². The number of hydrogen-bond acceptors (Lipinski definition) is 3. The molecule has 1 fully saturated rings. The van der Waals surface area contributed by atoms with Gasteiger partial charge in [0.2, 0.25) is 0 Å². The Hall–Kier alpha value is -1.35. The second-order valence-corrected chi connectivity index (χ2v) is 4.37. The molecule has 112 valence electrons. The number of pyridine rings is 1. The summed E-state index contributed by atoms with van der Waals surface area (Å²) in [6, 6.07) is 3.54. The summed E-state index contributed by atoms with van der Waals surface area (Å²) < 4.78 is 79.4. The summed E-state index contributed by atoms with van der Waals surface area (Å²) in [7, 11) is 0. The van der Waals surface area contributed by atoms with Crippen LogP contribution < -0.4 is 5.32 Å². The van der Waals surface area contributed by atoms with Gasteiger partial charge in [-0.05, 0) is 12.1 Å². The van der Waals surface area contributed by atoms with Crippen molar-refractivity contribution in [2.75, 3.05) is 19.6 Å². The van der Waals surface area contributed by atoms with Gasteiger partial charge in [-0.25, -0.2) is 0 Å². The number of rotatable bonds is 1. The normalized spacial score (nSPS) is 25.7. The summed E-state index contributed by atoms with van der Waals surface area (Å²) in [5, 5.41) is 2.38. The van der Waals surface area contributed by atoms with Crippen LogP contribution in [0.25, 0.3) is 0 Å². The molecule has 0 aromatic carbocycles. The monoisotopic (exact) mass is 299 g/mol. The molecule has 1 aromatic heterocycles. The zero-order valence-electron chi connectivity index (χ0n) is 10.1. The lowest BCUT2D eigenvalue weighted by Gasteiger charge is -2.47. The van der Waals surface area contributed by atoms with Crippen molar-refractivity contribution >= 4 is 0 Å². The summed E-state index contributed by atoms with van der Waals surface area (Å²) in [4.78, 5) is 3.02. The Labute approximate surface area is 110 Å². The van der Waals surface area contributed by atoms with Gasteiger partial charge in [-0.2, -0.15) is 31.2 Å². The number of halogens is 6. The Morgan fingerprint density at radius 3 is 2.35 bits per heavy atom. The lowest BCUT2D eigenvalue weighted by Crippen LogP contribution is -2.69. The van der Waals surface area contributed by atoms with E-state index in [0.29, 0.717) is 0 Å². The standard InChI is InChI=1S/C11H11F6N3/c12-10(13,14)9(8-3-1-2-4-19-8)7-18-5-6-20(9)11(15,16)17/h1-4,18H,5-7H2. The fourth-order valence-electron chi connectivity index (χ4n) is 2.32. The van der Waals surface area contributed by atoms with E-state index in [1.54, 1.807) is 0 Å². The SMILES string of the molecule is FC(F)(F)N1CCNCC1(c1ccccn1)C(F)(F)F. The highest BCUT2D eigenvalue weighted by atomic mass is 19.4. The Morgan fingerprint density at radius 2 is 1.85 bits per heavy atom. The molecular weight excluding hydrogens is 288 g/mol. The van der Waals surface area contributed by atoms with Crippen LogP contribution in [0.4, 0.5) is 26.3 Å². The van der Waals surface area contributed by atoms with E-state index in [9.17, 15) is 26.3 Å². The van der Waals surface area contributed by atoms with E-state index < -0.39 is 41.7 Å². The van der Waals surface area contributed by atoms with Crippen molar-refractivity contribution in [3.05, 3.63) is 30.1 Å². The van der Waals surface area contributed by atoms with Gasteiger partial charge in [0, 0.05) is 25.8 Å². The number of nitrogens with one attached hydrogen (secondary N) is 1. The summed E-state index contributed by atoms with van der Waals surface area (Å²) in [6.07, 6.45) is -9.18. The third-order valence-electron chi connectivity index (χ3n) is 3.22. The molecule has 0 amide bonds. The predicted molar refractivity (Wildman–Crippen MR) is 57.6 cm³/mol. The molecule has 0 radical (unpaired) electrons. The number of nitrogens with zero attached hydrogens (tertiary/aromatic N) is 2. The molecule has 2 heterocycles. The first-order valence-electron chi connectivity index (χ1n) is 5.73. The lowest BCUT2D eigenvalue weighted by atomic mass is 9.89. The zero-order valence-corrected chi connectivity index (χ0v) is 10.1. The Bertz CT molecular complexity index is 457. The van der Waals surface area contributed by atoms with Gasteiger partial charge in [0.1, 0.15) is 0 Å². The molecule has 1 aliphatic rings. The van der Waals surface area contributed by atoms with Crippen LogP contribution in [0.15, 0.2) is 24.4 Å². The van der Waals surface area contributed by atoms with Crippen molar-refractivity contribution in [1.82, 2.24) is 15.2 Å². The van der Waals surface area contributed by atoms with Crippen LogP contribution in [0.2, 0.25) is 0 Å². The van der Waals surface area contributed by atoms with Crippen LogP contribution >= 0.6 is 0 Å². The quantitative estimate of drug-likeness (QED) is 0.637. The average molecular weight is 299 g/mol. The second-order valence-electron chi connectivity index (χ2n) is 4.37. The molecule has 0 spiro atoms. The fourth-order valence-corrected chi connectivity index (χ4v) is 2.32. The molecule has 20 heavy (non-hydrogen) atoms. The van der Waals surface area contributed by atoms with Gasteiger partial charge in [-0.3, -0.25) is 4.98 Å². The number of aromatic nitrogens is 1. The highest BCUT2D eigenvalue weighted by Crippen LogP contribution is 2.47. The minimum absolute atomic E-state index is 0.176. The molecule has 9 heteroatoms. The molecular formula is C11H11F6N3. The van der Waals surface area contributed by atoms with Crippen molar-refractivity contribution in [3.8, 4) is 0 Å². The minimum Gasteiger partial charge on any atom is -0.313 e. The molecule has 1 aromatic rings. The van der Waals surface area contributed by atoms with E-state index in [2.05, 4.69) is 10.3 Å². The van der Waals surface area contributed by atoms with Gasteiger partial charge in [0.25, 0.3) is 0 Å². The first-order chi connectivity index (χ1) is 9.19. The van der Waals surface area contributed by atoms with E-state index in [-0.39, 0.29) is 6.54 Å². The number of hydrogen-bond donors (Lipinski definition) is 1. The summed E-state index contributed by atoms with van der Waals surface area (Å²) in [6.45, 7) is -1.86. The highest BCUT2D eigenvalue weighted by Gasteiger charge is 2.67. The maximum Gasteiger partial charge on any atom is 0.461 e. The number of alkyl halides is 6. The minimum atomic E-state index is -5.12. The first kappa shape index (κ1) is 15.0. The van der Waals surface area contributed by atoms with E-state index in [1.165, 1.54) is 12.1 Å². The van der Waals surface area contributed by atoms with Crippen molar-refractivity contribution < 1.29 is 26.3 Å². The van der Waals surface area contributed by atoms with Crippen molar-refractivity contribution in [2.24, 2.45) is 0 Å². The van der Waals surface area contributed by atoms with Gasteiger partial charge in [0.15, 0.2) is 5.54 Å². The summed E-state index contributed by atoms with van der Waals surface area (Å²) >= 11 is 0. The van der Waals surface area contributed by atoms with Crippen LogP contribution in [0, 0.1) is 0 Å². The Balaban J connectivity index is 2.62. The van der Waals surface area contributed by atoms with Gasteiger partial charge in [-0.1, -0.05) is 6.07 Å². The van der Waals surface area contributed by atoms with Gasteiger partial charge >= 0.3 is 12.5 Å². The van der Waals surface area contributed by atoms with Crippen LogP contribution in [-0.2, 0) is 5.54 Å². The maximum absolute atomic E-state index is 13.4. The van der Waals surface area contributed by atoms with E-state index >= 15 is 0 Å². The Kier molecular flexibility index (Phi) is 3.67. The maximum atomic E-state index is 13.4. The van der Waals surface area contributed by atoms with Crippen LogP contribution in [0.5, 0.6) is 0 Å².